The molecular formula is C6H14B2O2S. The molecule has 0 radical (unpaired) electrons. The lowest BCUT2D eigenvalue weighted by molar-refractivity contribution is 0.0619. The van der Waals surface area contributed by atoms with Gasteiger partial charge in [0.1, 0.15) is 4.93 Å². The van der Waals surface area contributed by atoms with Crippen molar-refractivity contribution in [3.8, 4) is 0 Å². The predicted octanol–water partition coefficient (Wildman–Crippen LogP) is 0.927. The van der Waals surface area contributed by atoms with Gasteiger partial charge in [-0.2, -0.15) is 0 Å². The average molecular weight is 172 g/mol. The summed E-state index contributed by atoms with van der Waals surface area (Å²) >= 11 is 4.40. The molecule has 1 heterocycles. The molecule has 0 aromatic carbocycles. The molecule has 1 rings (SSSR count). The van der Waals surface area contributed by atoms with Crippen molar-refractivity contribution in [2.75, 3.05) is 0 Å². The van der Waals surface area contributed by atoms with Gasteiger partial charge in [-0.05, 0) is 20.8 Å². The highest BCUT2D eigenvalue weighted by atomic mass is 32.1. The monoisotopic (exact) mass is 172 g/mol. The van der Waals surface area contributed by atoms with Crippen molar-refractivity contribution < 1.29 is 9.31 Å². The zero-order valence-electron chi connectivity index (χ0n) is 7.55. The van der Waals surface area contributed by atoms with Gasteiger partial charge in [0.15, 0.2) is 7.17 Å². The minimum absolute atomic E-state index is 0.0903. The van der Waals surface area contributed by atoms with E-state index in [-0.39, 0.29) is 12.6 Å². The van der Waals surface area contributed by atoms with Crippen LogP contribution in [0.1, 0.15) is 20.8 Å². The Morgan fingerprint density at radius 1 is 1.27 bits per heavy atom. The fraction of sp³-hybridized carbons (Fsp3) is 1.00. The molecule has 62 valence electrons. The van der Waals surface area contributed by atoms with E-state index in [0.29, 0.717) is 0 Å². The first-order valence-corrected chi connectivity index (χ1v) is 4.42. The third-order valence-electron chi connectivity index (χ3n) is 2.24. The maximum Gasteiger partial charge on any atom is 0.403 e. The van der Waals surface area contributed by atoms with Crippen molar-refractivity contribution in [3.63, 3.8) is 0 Å². The van der Waals surface area contributed by atoms with Crippen LogP contribution in [0.4, 0.5) is 0 Å². The van der Waals surface area contributed by atoms with E-state index < -0.39 is 4.93 Å². The highest BCUT2D eigenvalue weighted by Gasteiger charge is 2.50. The van der Waals surface area contributed by atoms with Crippen LogP contribution < -0.4 is 0 Å². The number of thiol groups is 1. The quantitative estimate of drug-likeness (QED) is 0.468. The lowest BCUT2D eigenvalue weighted by atomic mass is 9.46. The summed E-state index contributed by atoms with van der Waals surface area (Å²) in [6.07, 6.45) is 0. The Labute approximate surface area is 74.8 Å². The minimum atomic E-state index is -0.465. The SMILES string of the molecule is CBB1OC(C)(C)C(C)(S)O1. The molecule has 0 aliphatic carbocycles. The van der Waals surface area contributed by atoms with Crippen LogP contribution in [0.25, 0.3) is 0 Å². The molecule has 0 saturated carbocycles. The summed E-state index contributed by atoms with van der Waals surface area (Å²) in [7, 11) is 0.784. The largest absolute Gasteiger partial charge is 0.409 e. The molecule has 0 aromatic heterocycles. The highest BCUT2D eigenvalue weighted by Crippen LogP contribution is 2.39. The summed E-state index contributed by atoms with van der Waals surface area (Å²) in [5.41, 5.74) is -0.295. The number of hydrogen-bond acceptors (Lipinski definition) is 3. The maximum absolute atomic E-state index is 5.61. The van der Waals surface area contributed by atoms with Gasteiger partial charge in [0.25, 0.3) is 0 Å². The number of hydrogen-bond donors (Lipinski definition) is 1. The molecule has 1 unspecified atom stereocenters. The van der Waals surface area contributed by atoms with E-state index >= 15 is 0 Å². The van der Waals surface area contributed by atoms with Crippen molar-refractivity contribution >= 4 is 26.8 Å². The molecule has 11 heavy (non-hydrogen) atoms. The molecule has 1 fully saturated rings. The first kappa shape index (κ1) is 9.49. The van der Waals surface area contributed by atoms with Crippen LogP contribution in [0, 0.1) is 0 Å². The third-order valence-corrected chi connectivity index (χ3v) is 2.88. The topological polar surface area (TPSA) is 18.5 Å². The summed E-state index contributed by atoms with van der Waals surface area (Å²) in [6, 6.07) is 0. The van der Waals surface area contributed by atoms with E-state index in [1.165, 1.54) is 0 Å². The fourth-order valence-corrected chi connectivity index (χ4v) is 1.20. The van der Waals surface area contributed by atoms with Crippen LogP contribution in [0.15, 0.2) is 0 Å². The summed E-state index contributed by atoms with van der Waals surface area (Å²) in [5, 5.41) is 0. The van der Waals surface area contributed by atoms with Gasteiger partial charge in [-0.3, -0.25) is 0 Å². The Hall–Kier alpha value is 0.400. The Balaban J connectivity index is 2.72. The van der Waals surface area contributed by atoms with Crippen LogP contribution in [0.3, 0.4) is 0 Å². The van der Waals surface area contributed by atoms with Crippen LogP contribution in [0.2, 0.25) is 6.82 Å². The van der Waals surface area contributed by atoms with E-state index in [1.54, 1.807) is 0 Å². The molecule has 0 bridgehead atoms. The van der Waals surface area contributed by atoms with E-state index in [1.807, 2.05) is 27.6 Å². The Morgan fingerprint density at radius 3 is 2.00 bits per heavy atom. The van der Waals surface area contributed by atoms with Crippen molar-refractivity contribution in [1.82, 2.24) is 0 Å². The molecular weight excluding hydrogens is 158 g/mol. The van der Waals surface area contributed by atoms with E-state index in [0.717, 1.165) is 7.17 Å². The van der Waals surface area contributed by atoms with Crippen molar-refractivity contribution in [1.29, 1.82) is 0 Å². The second-order valence-electron chi connectivity index (χ2n) is 3.57. The Bertz CT molecular complexity index is 145. The van der Waals surface area contributed by atoms with Gasteiger partial charge >= 0.3 is 7.01 Å². The van der Waals surface area contributed by atoms with Crippen molar-refractivity contribution in [3.05, 3.63) is 0 Å². The molecule has 5 heteroatoms. The third kappa shape index (κ3) is 1.60. The molecule has 2 nitrogen and oxygen atoms in total. The number of rotatable bonds is 1. The summed E-state index contributed by atoms with van der Waals surface area (Å²) in [4.78, 5) is -0.465. The van der Waals surface area contributed by atoms with Gasteiger partial charge in [0, 0.05) is 0 Å². The van der Waals surface area contributed by atoms with E-state index in [4.69, 9.17) is 9.31 Å². The molecule has 0 spiro atoms. The van der Waals surface area contributed by atoms with Gasteiger partial charge in [-0.25, -0.2) is 0 Å². The molecule has 0 amide bonds. The molecule has 1 atom stereocenters. The lowest BCUT2D eigenvalue weighted by Crippen LogP contribution is -2.39. The van der Waals surface area contributed by atoms with Gasteiger partial charge in [0.05, 0.1) is 5.60 Å². The normalized spacial score (nSPS) is 35.9. The Morgan fingerprint density at radius 2 is 1.82 bits per heavy atom. The predicted molar refractivity (Wildman–Crippen MR) is 52.4 cm³/mol. The van der Waals surface area contributed by atoms with Gasteiger partial charge in [-0.1, -0.05) is 6.82 Å². The fourth-order valence-electron chi connectivity index (χ4n) is 1.03. The second kappa shape index (κ2) is 2.71. The van der Waals surface area contributed by atoms with Crippen LogP contribution in [0.5, 0.6) is 0 Å². The van der Waals surface area contributed by atoms with Crippen LogP contribution in [-0.2, 0) is 9.31 Å². The minimum Gasteiger partial charge on any atom is -0.409 e. The second-order valence-corrected chi connectivity index (χ2v) is 4.42. The van der Waals surface area contributed by atoms with E-state index in [9.17, 15) is 0 Å². The summed E-state index contributed by atoms with van der Waals surface area (Å²) < 4.78 is 11.2. The molecule has 0 aromatic rings. The summed E-state index contributed by atoms with van der Waals surface area (Å²) in [5.74, 6) is 0. The van der Waals surface area contributed by atoms with Gasteiger partial charge in [-0.15, -0.1) is 12.6 Å². The smallest absolute Gasteiger partial charge is 0.403 e. The zero-order chi connectivity index (χ0) is 8.70. The van der Waals surface area contributed by atoms with Crippen LogP contribution in [-0.4, -0.2) is 24.7 Å². The van der Waals surface area contributed by atoms with Crippen molar-refractivity contribution in [2.45, 2.75) is 38.1 Å². The van der Waals surface area contributed by atoms with Crippen molar-refractivity contribution in [2.24, 2.45) is 0 Å². The van der Waals surface area contributed by atoms with Crippen LogP contribution >= 0.6 is 12.6 Å². The first-order chi connectivity index (χ1) is 4.89. The Kier molecular flexibility index (Phi) is 2.34. The first-order valence-electron chi connectivity index (χ1n) is 3.97. The molecule has 1 aliphatic rings. The van der Waals surface area contributed by atoms with E-state index in [2.05, 4.69) is 12.6 Å². The highest BCUT2D eigenvalue weighted by molar-refractivity contribution is 7.81. The molecule has 0 N–H and O–H groups in total. The summed E-state index contributed by atoms with van der Waals surface area (Å²) in [6.45, 7) is 7.97. The van der Waals surface area contributed by atoms with Gasteiger partial charge in [0.2, 0.25) is 0 Å². The standard InChI is InChI=1S/C6H14B2O2S/c1-5(2)6(3,11)10-8(7-4)9-5/h7,11H,1-4H3. The lowest BCUT2D eigenvalue weighted by Gasteiger charge is -2.31. The maximum atomic E-state index is 5.61. The average Bonchev–Trinajstić information content (AvgIpc) is 2.03. The molecule has 1 saturated heterocycles. The zero-order valence-corrected chi connectivity index (χ0v) is 8.44. The van der Waals surface area contributed by atoms with Gasteiger partial charge < -0.3 is 9.31 Å². The molecule has 1 aliphatic heterocycles.